The molecule has 504 valence electrons. The number of ether oxygens (including phenoxy) is 2. The average molecular weight is 1300 g/mol. The maximum absolute atomic E-state index is 15.8. The predicted molar refractivity (Wildman–Crippen MR) is 367 cm³/mol. The lowest BCUT2D eigenvalue weighted by molar-refractivity contribution is 0.0980. The smallest absolute Gasteiger partial charge is 0.345 e. The number of anilines is 10. The van der Waals surface area contributed by atoms with Crippen LogP contribution >= 0.6 is 0 Å². The Bertz CT molecular complexity index is 3550. The highest BCUT2D eigenvalue weighted by Gasteiger charge is 2.39. The van der Waals surface area contributed by atoms with Gasteiger partial charge in [0, 0.05) is 112 Å². The Labute approximate surface area is 555 Å². The average Bonchev–Trinajstić information content (AvgIpc) is 1.73. The van der Waals surface area contributed by atoms with E-state index in [1.165, 1.54) is 42.2 Å². The number of hydrazine groups is 1. The van der Waals surface area contributed by atoms with Crippen LogP contribution in [-0.4, -0.2) is 239 Å². The second-order valence-corrected chi connectivity index (χ2v) is 26.7. The first-order valence-electron chi connectivity index (χ1n) is 34.3. The zero-order valence-corrected chi connectivity index (χ0v) is 54.5. The minimum absolute atomic E-state index is 0.0529. The van der Waals surface area contributed by atoms with Crippen LogP contribution in [0, 0.1) is 5.92 Å². The molecule has 4 amide bonds. The zero-order chi connectivity index (χ0) is 65.1. The van der Waals surface area contributed by atoms with Crippen LogP contribution in [0.4, 0.5) is 67.5 Å². The van der Waals surface area contributed by atoms with E-state index in [0.717, 1.165) is 69.7 Å². The number of carbonyl (C=O) groups is 2. The molecule has 26 nitrogen and oxygen atoms in total. The van der Waals surface area contributed by atoms with Crippen molar-refractivity contribution in [3.8, 4) is 22.8 Å². The summed E-state index contributed by atoms with van der Waals surface area (Å²) < 4.78 is 11.6. The van der Waals surface area contributed by atoms with Crippen LogP contribution in [0.5, 0.6) is 0 Å². The number of hydrogen-bond donors (Lipinski definition) is 6. The fourth-order valence-corrected chi connectivity index (χ4v) is 14.4. The number of aromatic nitrogens is 6. The van der Waals surface area contributed by atoms with Gasteiger partial charge in [0.15, 0.2) is 11.6 Å². The SMILES string of the molecule is CC1COCCN1c1nc(-c2ccc(N(C(=O)Nc3ccc(N4CCN(CC5CC5)CC4)cc3)N(C(=O)Nc3ccc(N4CCN(C5CC5)CC4)cc3)c3ccc(-c4nc(N5CCOCC5C)nc(N5C(CO)CCC5CO)n4)cc3)cc2)nc(N2C(CO)CCC2CO)n1. The van der Waals surface area contributed by atoms with Crippen molar-refractivity contribution in [2.75, 3.05) is 175 Å². The molecule has 26 heteroatoms. The molecule has 8 aliphatic rings. The van der Waals surface area contributed by atoms with Crippen molar-refractivity contribution < 1.29 is 39.5 Å². The molecule has 6 unspecified atom stereocenters. The number of aliphatic hydroxyl groups is 4. The summed E-state index contributed by atoms with van der Waals surface area (Å²) in [6.07, 6.45) is 7.81. The number of nitrogens with one attached hydrogen (secondary N) is 2. The number of nitrogens with zero attached hydrogens (tertiary/aromatic N) is 16. The fraction of sp³-hybridized carbons (Fsp3) is 0.536. The Morgan fingerprint density at radius 1 is 0.463 bits per heavy atom. The molecule has 0 radical (unpaired) electrons. The second kappa shape index (κ2) is 28.7. The number of benzene rings is 4. The molecule has 4 aromatic carbocycles. The van der Waals surface area contributed by atoms with Crippen molar-refractivity contribution in [1.29, 1.82) is 0 Å². The molecule has 0 bridgehead atoms. The first-order chi connectivity index (χ1) is 46.5. The number of urea groups is 2. The minimum Gasteiger partial charge on any atom is -0.394 e. The normalized spacial score (nSPS) is 23.7. The highest BCUT2D eigenvalue weighted by Crippen LogP contribution is 2.37. The van der Waals surface area contributed by atoms with Crippen molar-refractivity contribution in [3.63, 3.8) is 0 Å². The summed E-state index contributed by atoms with van der Waals surface area (Å²) >= 11 is 0. The zero-order valence-electron chi connectivity index (χ0n) is 54.5. The van der Waals surface area contributed by atoms with Crippen molar-refractivity contribution in [2.24, 2.45) is 5.92 Å². The third-order valence-electron chi connectivity index (χ3n) is 20.3. The fourth-order valence-electron chi connectivity index (χ4n) is 14.4. The van der Waals surface area contributed by atoms with E-state index in [4.69, 9.17) is 39.4 Å². The number of morpholine rings is 2. The van der Waals surface area contributed by atoms with Crippen LogP contribution < -0.4 is 50.1 Å². The van der Waals surface area contributed by atoms with Gasteiger partial charge in [0.05, 0.1) is 100 Å². The van der Waals surface area contributed by atoms with E-state index >= 15 is 9.59 Å². The molecule has 8 fully saturated rings. The number of amides is 4. The van der Waals surface area contributed by atoms with E-state index < -0.39 is 12.1 Å². The van der Waals surface area contributed by atoms with Gasteiger partial charge >= 0.3 is 12.1 Å². The van der Waals surface area contributed by atoms with Gasteiger partial charge in [0.1, 0.15) is 0 Å². The van der Waals surface area contributed by atoms with Crippen molar-refractivity contribution >= 4 is 70.0 Å². The molecule has 6 saturated heterocycles. The monoisotopic (exact) mass is 1300 g/mol. The Morgan fingerprint density at radius 3 is 1.22 bits per heavy atom. The van der Waals surface area contributed by atoms with E-state index in [9.17, 15) is 20.4 Å². The molecule has 8 heterocycles. The Hall–Kier alpha value is -8.08. The molecule has 0 spiro atoms. The van der Waals surface area contributed by atoms with Gasteiger partial charge in [-0.2, -0.15) is 39.9 Å². The van der Waals surface area contributed by atoms with Gasteiger partial charge in [0.25, 0.3) is 0 Å². The van der Waals surface area contributed by atoms with Gasteiger partial charge in [0.2, 0.25) is 23.8 Å². The molecule has 2 aliphatic carbocycles. The Morgan fingerprint density at radius 2 is 0.853 bits per heavy atom. The summed E-state index contributed by atoms with van der Waals surface area (Å²) in [7, 11) is 0. The highest BCUT2D eigenvalue weighted by molar-refractivity contribution is 6.13. The molecule has 2 saturated carbocycles. The molecular formula is C69H90N18O8. The van der Waals surface area contributed by atoms with Gasteiger partial charge in [-0.05, 0) is 168 Å². The van der Waals surface area contributed by atoms with E-state index in [1.807, 2.05) is 82.6 Å². The lowest BCUT2D eigenvalue weighted by Crippen LogP contribution is -2.54. The molecule has 6 aromatic rings. The highest BCUT2D eigenvalue weighted by atomic mass is 16.5. The van der Waals surface area contributed by atoms with Crippen molar-refractivity contribution in [2.45, 2.75) is 108 Å². The lowest BCUT2D eigenvalue weighted by atomic mass is 10.1. The maximum atomic E-state index is 15.8. The third kappa shape index (κ3) is 14.3. The molecule has 14 rings (SSSR count). The largest absolute Gasteiger partial charge is 0.394 e. The third-order valence-corrected chi connectivity index (χ3v) is 20.3. The molecule has 6 atom stereocenters. The minimum atomic E-state index is -0.641. The molecule has 95 heavy (non-hydrogen) atoms. The molecular weight excluding hydrogens is 1210 g/mol. The summed E-state index contributed by atoms with van der Waals surface area (Å²) in [5, 5.41) is 51.3. The van der Waals surface area contributed by atoms with Crippen LogP contribution in [0.25, 0.3) is 22.8 Å². The predicted octanol–water partition coefficient (Wildman–Crippen LogP) is 5.99. The van der Waals surface area contributed by atoms with E-state index in [2.05, 4.69) is 53.9 Å². The van der Waals surface area contributed by atoms with Crippen LogP contribution in [0.3, 0.4) is 0 Å². The first-order valence-corrected chi connectivity index (χ1v) is 34.3. The van der Waals surface area contributed by atoms with E-state index in [-0.39, 0.29) is 62.7 Å². The number of rotatable bonds is 19. The second-order valence-electron chi connectivity index (χ2n) is 26.7. The summed E-state index contributed by atoms with van der Waals surface area (Å²) in [5.41, 5.74) is 4.97. The maximum Gasteiger partial charge on any atom is 0.345 e. The summed E-state index contributed by atoms with van der Waals surface area (Å²) in [6, 6.07) is 28.1. The number of piperazine rings is 2. The van der Waals surface area contributed by atoms with Crippen LogP contribution in [-0.2, 0) is 9.47 Å². The first kappa shape index (κ1) is 64.3. The van der Waals surface area contributed by atoms with Crippen molar-refractivity contribution in [1.82, 2.24) is 39.7 Å². The number of aliphatic hydroxyl groups excluding tert-OH is 4. The van der Waals surface area contributed by atoms with Gasteiger partial charge in [-0.15, -0.1) is 0 Å². The molecule has 6 aliphatic heterocycles. The Balaban J connectivity index is 0.842. The molecule has 2 aromatic heterocycles. The van der Waals surface area contributed by atoms with E-state index in [0.29, 0.717) is 141 Å². The summed E-state index contributed by atoms with van der Waals surface area (Å²) in [6.45, 7) is 15.4. The van der Waals surface area contributed by atoms with Crippen LogP contribution in [0.2, 0.25) is 0 Å². The van der Waals surface area contributed by atoms with Gasteiger partial charge < -0.3 is 69.9 Å². The lowest BCUT2D eigenvalue weighted by Gasteiger charge is -2.36. The van der Waals surface area contributed by atoms with Gasteiger partial charge in [-0.3, -0.25) is 9.80 Å². The van der Waals surface area contributed by atoms with Gasteiger partial charge in [-0.1, -0.05) is 0 Å². The van der Waals surface area contributed by atoms with Crippen LogP contribution in [0.1, 0.15) is 65.2 Å². The topological polar surface area (TPSA) is 267 Å². The van der Waals surface area contributed by atoms with Crippen LogP contribution in [0.15, 0.2) is 97.1 Å². The van der Waals surface area contributed by atoms with Crippen molar-refractivity contribution in [3.05, 3.63) is 97.1 Å². The molecule has 6 N–H and O–H groups in total. The summed E-state index contributed by atoms with van der Waals surface area (Å²) in [4.78, 5) is 79.6. The van der Waals surface area contributed by atoms with E-state index in [1.54, 1.807) is 24.3 Å². The Kier molecular flexibility index (Phi) is 19.4. The standard InChI is InChI=1S/C69H90N18O8/c1-46-44-94-37-35-82(46)64-72-62(74-66(76-64)84-58(40-88)23-24-59(84)41-89)49-5-13-56(14-6-49)86(68(92)70-51-9-17-53(18-10-51)79-29-27-78(28-30-79)39-48-3-4-48)87(69(93)71-52-11-19-54(20-12-52)80-31-33-81(34-32-80)55-21-22-55)57-15-7-50(8-16-57)63-73-65(83-36-38-95-45-47(83)2)77-67(75-63)85-60(42-90)25-26-61(85)43-91/h5-20,46-48,55,58-61,88-91H,3-4,21-45H2,1-2H3,(H,70,92)(H,71,93). The summed E-state index contributed by atoms with van der Waals surface area (Å²) in [5.74, 6) is 3.05. The number of carbonyl (C=O) groups excluding carboxylic acids is 2. The quantitative estimate of drug-likeness (QED) is 0.0508. The van der Waals surface area contributed by atoms with Gasteiger partial charge in [-0.25, -0.2) is 9.59 Å². The number of hydrogen-bond acceptors (Lipinski definition) is 22.